The highest BCUT2D eigenvalue weighted by atomic mass is 32.1. The summed E-state index contributed by atoms with van der Waals surface area (Å²) < 4.78 is 5.56. The van der Waals surface area contributed by atoms with Crippen LogP contribution in [0, 0.1) is 5.92 Å². The molecule has 2 aliphatic rings. The molecule has 0 radical (unpaired) electrons. The molecule has 0 spiro atoms. The van der Waals surface area contributed by atoms with Crippen molar-refractivity contribution in [3.05, 3.63) is 22.4 Å². The van der Waals surface area contributed by atoms with Crippen LogP contribution in [0.15, 0.2) is 22.5 Å². The predicted octanol–water partition coefficient (Wildman–Crippen LogP) is 2.80. The molecule has 1 aromatic rings. The second-order valence-electron chi connectivity index (χ2n) is 8.07. The topological polar surface area (TPSA) is 52.1 Å². The van der Waals surface area contributed by atoms with E-state index in [0.717, 1.165) is 57.8 Å². The molecule has 2 fully saturated rings. The fourth-order valence-electron chi connectivity index (χ4n) is 4.25. The van der Waals surface area contributed by atoms with Crippen molar-refractivity contribution in [2.45, 2.75) is 39.2 Å². The molecule has 3 rings (SSSR count). The molecule has 7 heteroatoms. The zero-order valence-electron chi connectivity index (χ0n) is 18.2. The summed E-state index contributed by atoms with van der Waals surface area (Å²) in [5.41, 5.74) is 0. The molecule has 0 bridgehead atoms. The monoisotopic (exact) mass is 421 g/mol. The van der Waals surface area contributed by atoms with Crippen molar-refractivity contribution in [2.24, 2.45) is 10.9 Å². The molecule has 0 amide bonds. The third kappa shape index (κ3) is 7.24. The Kier molecular flexibility index (Phi) is 9.73. The van der Waals surface area contributed by atoms with E-state index in [2.05, 4.69) is 51.8 Å². The van der Waals surface area contributed by atoms with Gasteiger partial charge in [-0.3, -0.25) is 9.89 Å². The Morgan fingerprint density at radius 3 is 2.66 bits per heavy atom. The molecule has 0 aliphatic carbocycles. The van der Waals surface area contributed by atoms with Gasteiger partial charge in [-0.15, -0.1) is 11.3 Å². The molecule has 29 heavy (non-hydrogen) atoms. The number of hydrogen-bond acceptors (Lipinski definition) is 5. The minimum atomic E-state index is 0.339. The zero-order valence-corrected chi connectivity index (χ0v) is 19.1. The van der Waals surface area contributed by atoms with Crippen LogP contribution in [-0.2, 0) is 4.74 Å². The SMILES string of the molecule is CCCN1CCC(CNC(=NCC(c2cccs2)N2CCOCC2)NCC)CC1. The van der Waals surface area contributed by atoms with Crippen molar-refractivity contribution in [1.29, 1.82) is 0 Å². The Bertz CT molecular complexity index is 580. The van der Waals surface area contributed by atoms with Crippen molar-refractivity contribution in [2.75, 3.05) is 65.6 Å². The van der Waals surface area contributed by atoms with Gasteiger partial charge in [0, 0.05) is 31.1 Å². The fourth-order valence-corrected chi connectivity index (χ4v) is 5.10. The summed E-state index contributed by atoms with van der Waals surface area (Å²) in [7, 11) is 0. The zero-order chi connectivity index (χ0) is 20.3. The van der Waals surface area contributed by atoms with Gasteiger partial charge in [0.15, 0.2) is 5.96 Å². The quantitative estimate of drug-likeness (QED) is 0.474. The van der Waals surface area contributed by atoms with Gasteiger partial charge in [0.25, 0.3) is 0 Å². The highest BCUT2D eigenvalue weighted by Crippen LogP contribution is 2.26. The van der Waals surface area contributed by atoms with E-state index in [4.69, 9.17) is 9.73 Å². The number of rotatable bonds is 9. The number of nitrogens with one attached hydrogen (secondary N) is 2. The first-order chi connectivity index (χ1) is 14.3. The summed E-state index contributed by atoms with van der Waals surface area (Å²) in [5.74, 6) is 1.71. The van der Waals surface area contributed by atoms with E-state index in [9.17, 15) is 0 Å². The van der Waals surface area contributed by atoms with Crippen molar-refractivity contribution in [1.82, 2.24) is 20.4 Å². The van der Waals surface area contributed by atoms with Gasteiger partial charge in [-0.25, -0.2) is 0 Å². The first kappa shape index (κ1) is 22.5. The van der Waals surface area contributed by atoms with E-state index < -0.39 is 0 Å². The number of ether oxygens (including phenoxy) is 1. The maximum Gasteiger partial charge on any atom is 0.191 e. The molecule has 0 aromatic carbocycles. The summed E-state index contributed by atoms with van der Waals surface area (Å²) in [6, 6.07) is 4.72. The molecular weight excluding hydrogens is 382 g/mol. The molecule has 164 valence electrons. The Hall–Kier alpha value is -1.15. The van der Waals surface area contributed by atoms with Gasteiger partial charge in [0.2, 0.25) is 0 Å². The molecule has 1 unspecified atom stereocenters. The molecule has 0 saturated carbocycles. The van der Waals surface area contributed by atoms with Crippen LogP contribution in [0.4, 0.5) is 0 Å². The lowest BCUT2D eigenvalue weighted by molar-refractivity contribution is 0.0186. The van der Waals surface area contributed by atoms with Crippen LogP contribution >= 0.6 is 11.3 Å². The smallest absolute Gasteiger partial charge is 0.191 e. The third-order valence-electron chi connectivity index (χ3n) is 5.93. The number of guanidine groups is 1. The second-order valence-corrected chi connectivity index (χ2v) is 9.04. The van der Waals surface area contributed by atoms with Crippen molar-refractivity contribution < 1.29 is 4.74 Å². The van der Waals surface area contributed by atoms with Crippen LogP contribution in [-0.4, -0.2) is 81.3 Å². The van der Waals surface area contributed by atoms with E-state index in [1.807, 2.05) is 11.3 Å². The summed E-state index contributed by atoms with van der Waals surface area (Å²) in [4.78, 5) is 11.5. The Morgan fingerprint density at radius 1 is 1.21 bits per heavy atom. The number of piperidine rings is 1. The van der Waals surface area contributed by atoms with Crippen LogP contribution < -0.4 is 10.6 Å². The van der Waals surface area contributed by atoms with Crippen molar-refractivity contribution in [3.8, 4) is 0 Å². The van der Waals surface area contributed by atoms with Crippen molar-refractivity contribution >= 4 is 17.3 Å². The average Bonchev–Trinajstić information content (AvgIpc) is 3.29. The largest absolute Gasteiger partial charge is 0.379 e. The molecular formula is C22H39N5OS. The molecule has 2 N–H and O–H groups in total. The van der Waals surface area contributed by atoms with E-state index in [0.29, 0.717) is 6.04 Å². The first-order valence-electron chi connectivity index (χ1n) is 11.4. The molecule has 1 aromatic heterocycles. The standard InChI is InChI=1S/C22H39N5OS/c1-3-9-26-10-7-19(8-11-26)17-24-22(23-4-2)25-18-20(21-6-5-16-29-21)27-12-14-28-15-13-27/h5-6,16,19-20H,3-4,7-15,17-18H2,1-2H3,(H2,23,24,25). The lowest BCUT2D eigenvalue weighted by Gasteiger charge is -2.33. The minimum Gasteiger partial charge on any atom is -0.379 e. The number of hydrogen-bond donors (Lipinski definition) is 2. The van der Waals surface area contributed by atoms with E-state index in [-0.39, 0.29) is 0 Å². The number of nitrogens with zero attached hydrogens (tertiary/aromatic N) is 3. The third-order valence-corrected chi connectivity index (χ3v) is 6.90. The van der Waals surface area contributed by atoms with Gasteiger partial charge < -0.3 is 20.3 Å². The van der Waals surface area contributed by atoms with Gasteiger partial charge in [0.05, 0.1) is 25.8 Å². The first-order valence-corrected chi connectivity index (χ1v) is 12.3. The van der Waals surface area contributed by atoms with Crippen molar-refractivity contribution in [3.63, 3.8) is 0 Å². The van der Waals surface area contributed by atoms with Gasteiger partial charge >= 0.3 is 0 Å². The molecule has 1 atom stereocenters. The van der Waals surface area contributed by atoms with E-state index in [1.165, 1.54) is 43.8 Å². The summed E-state index contributed by atoms with van der Waals surface area (Å²) >= 11 is 1.83. The van der Waals surface area contributed by atoms with Crippen LogP contribution in [0.25, 0.3) is 0 Å². The number of aliphatic imine (C=N–C) groups is 1. The number of likely N-dealkylation sites (tertiary alicyclic amines) is 1. The molecule has 2 saturated heterocycles. The minimum absolute atomic E-state index is 0.339. The normalized spacial score (nSPS) is 21.2. The number of thiophene rings is 1. The van der Waals surface area contributed by atoms with Gasteiger partial charge in [-0.2, -0.15) is 0 Å². The Balaban J connectivity index is 1.54. The van der Waals surface area contributed by atoms with E-state index >= 15 is 0 Å². The highest BCUT2D eigenvalue weighted by molar-refractivity contribution is 7.10. The maximum atomic E-state index is 5.56. The Labute approximate surface area is 180 Å². The highest BCUT2D eigenvalue weighted by Gasteiger charge is 2.23. The maximum absolute atomic E-state index is 5.56. The second kappa shape index (κ2) is 12.5. The molecule has 3 heterocycles. The summed E-state index contributed by atoms with van der Waals surface area (Å²) in [5, 5.41) is 9.23. The van der Waals surface area contributed by atoms with Crippen LogP contribution in [0.2, 0.25) is 0 Å². The Morgan fingerprint density at radius 2 is 2.00 bits per heavy atom. The fraction of sp³-hybridized carbons (Fsp3) is 0.773. The van der Waals surface area contributed by atoms with Gasteiger partial charge in [-0.05, 0) is 63.2 Å². The van der Waals surface area contributed by atoms with Gasteiger partial charge in [0.1, 0.15) is 0 Å². The lowest BCUT2D eigenvalue weighted by atomic mass is 9.97. The van der Waals surface area contributed by atoms with Crippen LogP contribution in [0.1, 0.15) is 44.0 Å². The van der Waals surface area contributed by atoms with Crippen LogP contribution in [0.3, 0.4) is 0 Å². The predicted molar refractivity (Wildman–Crippen MR) is 123 cm³/mol. The average molecular weight is 422 g/mol. The molecule has 2 aliphatic heterocycles. The number of morpholine rings is 1. The van der Waals surface area contributed by atoms with Crippen LogP contribution in [0.5, 0.6) is 0 Å². The lowest BCUT2D eigenvalue weighted by Crippen LogP contribution is -2.44. The van der Waals surface area contributed by atoms with E-state index in [1.54, 1.807) is 0 Å². The summed E-state index contributed by atoms with van der Waals surface area (Å²) in [6.07, 6.45) is 3.84. The molecule has 6 nitrogen and oxygen atoms in total. The summed E-state index contributed by atoms with van der Waals surface area (Å²) in [6.45, 7) is 14.4. The van der Waals surface area contributed by atoms with Gasteiger partial charge in [-0.1, -0.05) is 13.0 Å².